The van der Waals surface area contributed by atoms with Gasteiger partial charge >= 0.3 is 0 Å². The SMILES string of the molecule is C=C1CC(c2ccccc2)(c2cccc(N(C)c3ccc(F)cc3)c2)NC(=O)C1Sc1ccccc1C. The van der Waals surface area contributed by atoms with Crippen LogP contribution < -0.4 is 10.2 Å². The van der Waals surface area contributed by atoms with E-state index in [0.717, 1.165) is 38.5 Å². The Bertz CT molecular complexity index is 1420. The number of halogens is 1. The maximum Gasteiger partial charge on any atom is 0.238 e. The minimum absolute atomic E-state index is 0.0503. The standard InChI is InChI=1S/C32H29FN2OS/c1-22-10-7-8-15-29(22)37-30-23(2)21-32(34-31(30)36,24-11-5-4-6-12-24)25-13-9-14-28(20-25)35(3)27-18-16-26(33)17-19-27/h4-20,30H,2,21H2,1,3H3,(H,34,36). The van der Waals surface area contributed by atoms with Crippen LogP contribution >= 0.6 is 11.8 Å². The monoisotopic (exact) mass is 508 g/mol. The quantitative estimate of drug-likeness (QED) is 0.276. The second-order valence-electron chi connectivity index (χ2n) is 9.44. The van der Waals surface area contributed by atoms with Gasteiger partial charge in [0.05, 0.1) is 5.54 Å². The highest BCUT2D eigenvalue weighted by Gasteiger charge is 2.44. The van der Waals surface area contributed by atoms with Crippen molar-refractivity contribution in [1.29, 1.82) is 0 Å². The third-order valence-corrected chi connectivity index (χ3v) is 8.48. The summed E-state index contributed by atoms with van der Waals surface area (Å²) in [4.78, 5) is 16.8. The van der Waals surface area contributed by atoms with Crippen molar-refractivity contribution in [3.8, 4) is 0 Å². The lowest BCUT2D eigenvalue weighted by Gasteiger charge is -2.43. The molecular weight excluding hydrogens is 479 g/mol. The largest absolute Gasteiger partial charge is 0.345 e. The predicted octanol–water partition coefficient (Wildman–Crippen LogP) is 7.38. The summed E-state index contributed by atoms with van der Waals surface area (Å²) >= 11 is 1.55. The van der Waals surface area contributed by atoms with Crippen molar-refractivity contribution in [1.82, 2.24) is 5.32 Å². The molecule has 5 rings (SSSR count). The zero-order valence-electron chi connectivity index (χ0n) is 20.9. The number of carbonyl (C=O) groups excluding carboxylic acids is 1. The Morgan fingerprint density at radius 3 is 2.27 bits per heavy atom. The van der Waals surface area contributed by atoms with E-state index >= 15 is 0 Å². The van der Waals surface area contributed by atoms with Crippen molar-refractivity contribution in [2.45, 2.75) is 29.0 Å². The minimum atomic E-state index is -0.752. The molecule has 1 heterocycles. The Morgan fingerprint density at radius 2 is 1.57 bits per heavy atom. The molecule has 1 aliphatic heterocycles. The Labute approximate surface area is 222 Å². The summed E-state index contributed by atoms with van der Waals surface area (Å²) in [6.45, 7) is 6.46. The molecule has 1 fully saturated rings. The molecule has 2 atom stereocenters. The first-order chi connectivity index (χ1) is 17.9. The number of piperidine rings is 1. The van der Waals surface area contributed by atoms with Gasteiger partial charge < -0.3 is 10.2 Å². The molecule has 3 nitrogen and oxygen atoms in total. The van der Waals surface area contributed by atoms with Gasteiger partial charge in [-0.15, -0.1) is 11.8 Å². The van der Waals surface area contributed by atoms with Crippen molar-refractivity contribution in [3.05, 3.63) is 138 Å². The van der Waals surface area contributed by atoms with Crippen LogP contribution in [-0.2, 0) is 10.3 Å². The van der Waals surface area contributed by atoms with Crippen LogP contribution in [0.2, 0.25) is 0 Å². The molecule has 186 valence electrons. The van der Waals surface area contributed by atoms with Gasteiger partial charge in [-0.3, -0.25) is 4.79 Å². The highest BCUT2D eigenvalue weighted by atomic mass is 32.2. The van der Waals surface area contributed by atoms with E-state index in [1.165, 1.54) is 12.1 Å². The molecule has 0 bridgehead atoms. The number of hydrogen-bond acceptors (Lipinski definition) is 3. The Balaban J connectivity index is 1.53. The number of thioether (sulfide) groups is 1. The van der Waals surface area contributed by atoms with Gasteiger partial charge in [-0.25, -0.2) is 4.39 Å². The normalized spacial score (nSPS) is 19.4. The van der Waals surface area contributed by atoms with E-state index in [0.29, 0.717) is 6.42 Å². The summed E-state index contributed by atoms with van der Waals surface area (Å²) in [5.41, 5.74) is 5.07. The number of hydrogen-bond donors (Lipinski definition) is 1. The second kappa shape index (κ2) is 10.3. The van der Waals surface area contributed by atoms with Crippen LogP contribution in [0.25, 0.3) is 0 Å². The zero-order chi connectivity index (χ0) is 26.0. The van der Waals surface area contributed by atoms with E-state index in [-0.39, 0.29) is 17.0 Å². The van der Waals surface area contributed by atoms with Gasteiger partial charge in [-0.2, -0.15) is 0 Å². The lowest BCUT2D eigenvalue weighted by Crippen LogP contribution is -2.55. The van der Waals surface area contributed by atoms with Gasteiger partial charge in [-0.05, 0) is 66.1 Å². The highest BCUT2D eigenvalue weighted by molar-refractivity contribution is 8.00. The van der Waals surface area contributed by atoms with E-state index < -0.39 is 5.54 Å². The molecule has 1 saturated heterocycles. The Morgan fingerprint density at radius 1 is 0.892 bits per heavy atom. The van der Waals surface area contributed by atoms with E-state index in [2.05, 4.69) is 49.2 Å². The fourth-order valence-corrected chi connectivity index (χ4v) is 6.00. The summed E-state index contributed by atoms with van der Waals surface area (Å²) in [6, 6.07) is 32.8. The molecule has 2 unspecified atom stereocenters. The van der Waals surface area contributed by atoms with Crippen molar-refractivity contribution >= 4 is 29.0 Å². The van der Waals surface area contributed by atoms with Gasteiger partial charge in [0.25, 0.3) is 0 Å². The Hall–Kier alpha value is -3.83. The summed E-state index contributed by atoms with van der Waals surface area (Å²) in [6.07, 6.45) is 0.579. The van der Waals surface area contributed by atoms with Crippen LogP contribution in [0.1, 0.15) is 23.1 Å². The number of benzene rings is 4. The number of nitrogens with one attached hydrogen (secondary N) is 1. The Kier molecular flexibility index (Phi) is 6.90. The first kappa shape index (κ1) is 24.8. The lowest BCUT2D eigenvalue weighted by molar-refractivity contribution is -0.122. The van der Waals surface area contributed by atoms with Crippen molar-refractivity contribution in [2.24, 2.45) is 0 Å². The topological polar surface area (TPSA) is 32.3 Å². The number of carbonyl (C=O) groups is 1. The average molecular weight is 509 g/mol. The molecule has 4 aromatic carbocycles. The minimum Gasteiger partial charge on any atom is -0.345 e. The van der Waals surface area contributed by atoms with Gasteiger partial charge in [0, 0.05) is 29.7 Å². The maximum atomic E-state index is 13.7. The van der Waals surface area contributed by atoms with Crippen LogP contribution in [0.3, 0.4) is 0 Å². The molecule has 0 aliphatic carbocycles. The van der Waals surface area contributed by atoms with Crippen molar-refractivity contribution in [3.63, 3.8) is 0 Å². The van der Waals surface area contributed by atoms with Gasteiger partial charge in [0.1, 0.15) is 11.1 Å². The molecule has 0 aromatic heterocycles. The highest BCUT2D eigenvalue weighted by Crippen LogP contribution is 2.44. The van der Waals surface area contributed by atoms with E-state index in [9.17, 15) is 9.18 Å². The third kappa shape index (κ3) is 4.92. The smallest absolute Gasteiger partial charge is 0.238 e. The molecule has 1 aliphatic rings. The summed E-state index contributed by atoms with van der Waals surface area (Å²) < 4.78 is 13.5. The number of amides is 1. The molecule has 1 amide bonds. The number of rotatable bonds is 6. The van der Waals surface area contributed by atoms with E-state index in [1.807, 2.05) is 60.5 Å². The summed E-state index contributed by atoms with van der Waals surface area (Å²) in [5.74, 6) is -0.318. The van der Waals surface area contributed by atoms with Crippen molar-refractivity contribution < 1.29 is 9.18 Å². The maximum absolute atomic E-state index is 13.7. The zero-order valence-corrected chi connectivity index (χ0v) is 21.8. The van der Waals surface area contributed by atoms with Crippen LogP contribution in [-0.4, -0.2) is 18.2 Å². The van der Waals surface area contributed by atoms with E-state index in [4.69, 9.17) is 0 Å². The van der Waals surface area contributed by atoms with Gasteiger partial charge in [0.15, 0.2) is 0 Å². The second-order valence-corrected chi connectivity index (χ2v) is 10.6. The summed E-state index contributed by atoms with van der Waals surface area (Å²) in [7, 11) is 1.95. The molecule has 4 aromatic rings. The lowest BCUT2D eigenvalue weighted by atomic mass is 9.75. The fourth-order valence-electron chi connectivity index (χ4n) is 4.92. The number of nitrogens with zero attached hydrogens (tertiary/aromatic N) is 1. The van der Waals surface area contributed by atoms with Gasteiger partial charge in [0.2, 0.25) is 5.91 Å². The number of aryl methyl sites for hydroxylation is 1. The van der Waals surface area contributed by atoms with Gasteiger partial charge in [-0.1, -0.05) is 72.8 Å². The first-order valence-corrected chi connectivity index (χ1v) is 13.1. The molecule has 0 radical (unpaired) electrons. The van der Waals surface area contributed by atoms with Crippen LogP contribution in [0.15, 0.2) is 120 Å². The predicted molar refractivity (Wildman–Crippen MR) is 151 cm³/mol. The molecular formula is C32H29FN2OS. The van der Waals surface area contributed by atoms with E-state index in [1.54, 1.807) is 23.9 Å². The molecule has 37 heavy (non-hydrogen) atoms. The first-order valence-electron chi connectivity index (χ1n) is 12.2. The molecule has 1 N–H and O–H groups in total. The van der Waals surface area contributed by atoms with Crippen molar-refractivity contribution in [2.75, 3.05) is 11.9 Å². The molecule has 0 spiro atoms. The molecule has 0 saturated carbocycles. The number of anilines is 2. The van der Waals surface area contributed by atoms with Crippen LogP contribution in [0, 0.1) is 12.7 Å². The third-order valence-electron chi connectivity index (χ3n) is 6.98. The van der Waals surface area contributed by atoms with Crippen LogP contribution in [0.5, 0.6) is 0 Å². The average Bonchev–Trinajstić information content (AvgIpc) is 2.92. The van der Waals surface area contributed by atoms with Crippen LogP contribution in [0.4, 0.5) is 15.8 Å². The molecule has 5 heteroatoms. The fraction of sp³-hybridized carbons (Fsp3) is 0.156. The summed E-state index contributed by atoms with van der Waals surface area (Å²) in [5, 5.41) is 3.04.